The van der Waals surface area contributed by atoms with Crippen LogP contribution in [0.15, 0.2) is 42.5 Å². The molecule has 6 heteroatoms. The molecule has 0 radical (unpaired) electrons. The highest BCUT2D eigenvalue weighted by molar-refractivity contribution is 5.43. The monoisotopic (exact) mass is 404 g/mol. The molecule has 2 N–H and O–H groups in total. The van der Waals surface area contributed by atoms with Crippen molar-refractivity contribution < 1.29 is 19.0 Å². The first-order valence-corrected chi connectivity index (χ1v) is 10.2. The molecule has 0 fully saturated rings. The number of likely N-dealkylation sites (N-methyl/N-ethyl adjacent to an activating group) is 1. The number of hydrogen-bond acceptors (Lipinski definition) is 5. The molecule has 1 atom stereocenters. The number of benzene rings is 2. The van der Waals surface area contributed by atoms with Crippen LogP contribution >= 0.6 is 0 Å². The lowest BCUT2D eigenvalue weighted by Gasteiger charge is -2.22. The Morgan fingerprint density at radius 1 is 1.03 bits per heavy atom. The van der Waals surface area contributed by atoms with Crippen LogP contribution in [0.3, 0.4) is 0 Å². The summed E-state index contributed by atoms with van der Waals surface area (Å²) >= 11 is 0. The largest absolute Gasteiger partial charge is 0.493 e. The van der Waals surface area contributed by atoms with Crippen LogP contribution in [0.5, 0.6) is 11.5 Å². The highest BCUT2D eigenvalue weighted by atomic mass is 19.1. The van der Waals surface area contributed by atoms with Crippen LogP contribution in [-0.4, -0.2) is 56.0 Å². The van der Waals surface area contributed by atoms with Crippen LogP contribution in [0.1, 0.15) is 25.0 Å². The summed E-state index contributed by atoms with van der Waals surface area (Å²) in [5.41, 5.74) is 2.18. The Morgan fingerprint density at radius 3 is 2.38 bits per heavy atom. The molecule has 2 aromatic carbocycles. The predicted molar refractivity (Wildman–Crippen MR) is 114 cm³/mol. The van der Waals surface area contributed by atoms with Gasteiger partial charge in [-0.15, -0.1) is 0 Å². The van der Waals surface area contributed by atoms with Gasteiger partial charge in [-0.2, -0.15) is 0 Å². The molecular weight excluding hydrogens is 371 g/mol. The normalized spacial score (nSPS) is 12.2. The van der Waals surface area contributed by atoms with Gasteiger partial charge in [-0.1, -0.05) is 32.0 Å². The number of rotatable bonds is 13. The fraction of sp³-hybridized carbons (Fsp3) is 0.478. The van der Waals surface area contributed by atoms with Crippen molar-refractivity contribution in [2.45, 2.75) is 32.9 Å². The average molecular weight is 405 g/mol. The molecule has 0 spiro atoms. The number of hydrogen-bond donors (Lipinski definition) is 2. The van der Waals surface area contributed by atoms with Gasteiger partial charge in [-0.05, 0) is 61.4 Å². The summed E-state index contributed by atoms with van der Waals surface area (Å²) in [4.78, 5) is 2.16. The van der Waals surface area contributed by atoms with E-state index in [1.165, 1.54) is 12.1 Å². The predicted octanol–water partition coefficient (Wildman–Crippen LogP) is 3.25. The maximum Gasteiger partial charge on any atom is 0.161 e. The first-order valence-electron chi connectivity index (χ1n) is 10.2. The van der Waals surface area contributed by atoms with Gasteiger partial charge in [0.05, 0.1) is 7.11 Å². The third-order valence-electron chi connectivity index (χ3n) is 4.86. The van der Waals surface area contributed by atoms with E-state index in [9.17, 15) is 9.50 Å². The van der Waals surface area contributed by atoms with Crippen LogP contribution in [0.25, 0.3) is 0 Å². The lowest BCUT2D eigenvalue weighted by molar-refractivity contribution is 0.0705. The molecule has 0 aliphatic carbocycles. The maximum atomic E-state index is 12.9. The molecule has 0 bridgehead atoms. The summed E-state index contributed by atoms with van der Waals surface area (Å²) in [5, 5.41) is 13.6. The van der Waals surface area contributed by atoms with Crippen molar-refractivity contribution in [3.05, 3.63) is 59.4 Å². The molecule has 0 aliphatic rings. The Balaban J connectivity index is 1.80. The van der Waals surface area contributed by atoms with E-state index in [4.69, 9.17) is 9.47 Å². The molecule has 0 heterocycles. The molecule has 0 saturated heterocycles. The number of methoxy groups -OCH3 is 1. The zero-order valence-electron chi connectivity index (χ0n) is 17.7. The smallest absolute Gasteiger partial charge is 0.161 e. The van der Waals surface area contributed by atoms with Crippen molar-refractivity contribution in [1.82, 2.24) is 10.2 Å². The molecule has 0 aromatic heterocycles. The van der Waals surface area contributed by atoms with Crippen LogP contribution in [0.2, 0.25) is 0 Å². The van der Waals surface area contributed by atoms with Crippen LogP contribution in [0.4, 0.5) is 4.39 Å². The van der Waals surface area contributed by atoms with Crippen molar-refractivity contribution in [3.63, 3.8) is 0 Å². The lowest BCUT2D eigenvalue weighted by atomic mass is 10.1. The van der Waals surface area contributed by atoms with E-state index in [1.807, 2.05) is 18.2 Å². The van der Waals surface area contributed by atoms with Crippen molar-refractivity contribution >= 4 is 0 Å². The molecule has 5 nitrogen and oxygen atoms in total. The Hall–Kier alpha value is -2.15. The van der Waals surface area contributed by atoms with Crippen LogP contribution in [0, 0.1) is 5.82 Å². The highest BCUT2D eigenvalue weighted by Gasteiger charge is 2.12. The summed E-state index contributed by atoms with van der Waals surface area (Å²) < 4.78 is 24.2. The average Bonchev–Trinajstić information content (AvgIpc) is 2.75. The van der Waals surface area contributed by atoms with E-state index in [2.05, 4.69) is 24.1 Å². The zero-order valence-corrected chi connectivity index (χ0v) is 17.7. The van der Waals surface area contributed by atoms with E-state index < -0.39 is 6.10 Å². The molecule has 2 rings (SSSR count). The summed E-state index contributed by atoms with van der Waals surface area (Å²) in [5.74, 6) is 1.07. The van der Waals surface area contributed by atoms with Gasteiger partial charge in [-0.25, -0.2) is 4.39 Å². The zero-order chi connectivity index (χ0) is 21.1. The maximum absolute atomic E-state index is 12.9. The van der Waals surface area contributed by atoms with Crippen LogP contribution in [-0.2, 0) is 13.0 Å². The van der Waals surface area contributed by atoms with Gasteiger partial charge < -0.3 is 24.8 Å². The molecule has 0 unspecified atom stereocenters. The topological polar surface area (TPSA) is 54.0 Å². The molecule has 0 aliphatic heterocycles. The summed E-state index contributed by atoms with van der Waals surface area (Å²) in [6.45, 7) is 8.26. The van der Waals surface area contributed by atoms with Gasteiger partial charge in [-0.3, -0.25) is 0 Å². The van der Waals surface area contributed by atoms with Gasteiger partial charge in [0.25, 0.3) is 0 Å². The van der Waals surface area contributed by atoms with E-state index in [0.29, 0.717) is 24.6 Å². The van der Waals surface area contributed by atoms with Gasteiger partial charge in [0.15, 0.2) is 11.5 Å². The second-order valence-electron chi connectivity index (χ2n) is 6.99. The number of nitrogens with zero attached hydrogens (tertiary/aromatic N) is 1. The first kappa shape index (κ1) is 23.1. The lowest BCUT2D eigenvalue weighted by Crippen LogP contribution is -2.35. The molecule has 160 valence electrons. The third kappa shape index (κ3) is 8.01. The molecule has 29 heavy (non-hydrogen) atoms. The fourth-order valence-corrected chi connectivity index (χ4v) is 3.08. The van der Waals surface area contributed by atoms with Gasteiger partial charge in [0.1, 0.15) is 18.5 Å². The van der Waals surface area contributed by atoms with E-state index in [-0.39, 0.29) is 12.4 Å². The number of nitrogens with one attached hydrogen (secondary N) is 1. The molecular formula is C23H33FN2O3. The fourth-order valence-electron chi connectivity index (χ4n) is 3.08. The highest BCUT2D eigenvalue weighted by Crippen LogP contribution is 2.28. The summed E-state index contributed by atoms with van der Waals surface area (Å²) in [6, 6.07) is 12.4. The number of aliphatic hydroxyl groups excluding tert-OH is 1. The Morgan fingerprint density at radius 2 is 1.72 bits per heavy atom. The minimum Gasteiger partial charge on any atom is -0.493 e. The van der Waals surface area contributed by atoms with Crippen molar-refractivity contribution in [1.29, 1.82) is 0 Å². The number of halogens is 1. The Bertz CT molecular complexity index is 721. The quantitative estimate of drug-likeness (QED) is 0.502. The Labute approximate surface area is 173 Å². The molecule has 0 saturated carbocycles. The van der Waals surface area contributed by atoms with E-state index in [0.717, 1.165) is 37.2 Å². The minimum atomic E-state index is -0.549. The van der Waals surface area contributed by atoms with Gasteiger partial charge in [0, 0.05) is 13.1 Å². The SMILES string of the molecule is CCN(CC)C[C@H](O)COc1ccc(CNCCc2ccc(F)cc2)cc1OC. The van der Waals surface area contributed by atoms with Gasteiger partial charge in [0.2, 0.25) is 0 Å². The van der Waals surface area contributed by atoms with Crippen molar-refractivity contribution in [2.24, 2.45) is 0 Å². The van der Waals surface area contributed by atoms with Gasteiger partial charge >= 0.3 is 0 Å². The summed E-state index contributed by atoms with van der Waals surface area (Å²) in [7, 11) is 1.61. The third-order valence-corrected chi connectivity index (χ3v) is 4.86. The minimum absolute atomic E-state index is 0.211. The van der Waals surface area contributed by atoms with Crippen molar-refractivity contribution in [3.8, 4) is 11.5 Å². The van der Waals surface area contributed by atoms with Crippen molar-refractivity contribution in [2.75, 3.05) is 39.9 Å². The standard InChI is InChI=1S/C23H33FN2O3/c1-4-26(5-2)16-21(27)17-29-22-11-8-19(14-23(22)28-3)15-25-13-12-18-6-9-20(24)10-7-18/h6-11,14,21,25,27H,4-5,12-13,15-17H2,1-3H3/t21-/m0/s1. The Kier molecular flexibility index (Phi) is 9.91. The first-order chi connectivity index (χ1) is 14.0. The second kappa shape index (κ2) is 12.4. The summed E-state index contributed by atoms with van der Waals surface area (Å²) in [6.07, 6.45) is 0.288. The van der Waals surface area contributed by atoms with E-state index >= 15 is 0 Å². The second-order valence-corrected chi connectivity index (χ2v) is 6.99. The van der Waals surface area contributed by atoms with E-state index in [1.54, 1.807) is 19.2 Å². The number of aliphatic hydroxyl groups is 1. The van der Waals surface area contributed by atoms with Crippen LogP contribution < -0.4 is 14.8 Å². The molecule has 0 amide bonds. The number of ether oxygens (including phenoxy) is 2. The molecule has 2 aromatic rings.